The molecule has 280 valence electrons. The molecule has 0 radical (unpaired) electrons. The molecule has 5 aromatic rings. The van der Waals surface area contributed by atoms with E-state index in [9.17, 15) is 18.0 Å². The standard InChI is InChI=1S/C43H43Cl2N3O5S/c1-31-17-25-39(26-18-31)54(51,52)48(36-21-23-38(24-22-36)53-37-15-9-4-10-16-37)30-42(49)47(29-33-19-20-34(44)28-40(33)45)41(27-32-11-5-2-6-12-32)43(50)46-35-13-7-3-8-14-35/h2,4-6,9-12,15-26,28,35,41H,3,7-8,13-14,27,29-30H2,1H3,(H,46,50)/t41-/m0/s1. The van der Waals surface area contributed by atoms with Crippen molar-refractivity contribution in [1.29, 1.82) is 0 Å². The minimum atomic E-state index is -4.28. The Labute approximate surface area is 327 Å². The molecule has 0 unspecified atom stereocenters. The number of hydrogen-bond donors (Lipinski definition) is 1. The second-order valence-electron chi connectivity index (χ2n) is 13.5. The molecule has 0 aromatic heterocycles. The number of aryl methyl sites for hydroxylation is 1. The third kappa shape index (κ3) is 10.0. The average molecular weight is 785 g/mol. The summed E-state index contributed by atoms with van der Waals surface area (Å²) in [6, 6.07) is 35.7. The van der Waals surface area contributed by atoms with Crippen LogP contribution >= 0.6 is 23.2 Å². The number of nitrogens with one attached hydrogen (secondary N) is 1. The Kier molecular flexibility index (Phi) is 13.0. The second kappa shape index (κ2) is 18.0. The predicted octanol–water partition coefficient (Wildman–Crippen LogP) is 9.38. The largest absolute Gasteiger partial charge is 0.457 e. The number of amides is 2. The number of carbonyl (C=O) groups is 2. The van der Waals surface area contributed by atoms with E-state index in [1.165, 1.54) is 17.0 Å². The summed E-state index contributed by atoms with van der Waals surface area (Å²) >= 11 is 12.9. The molecule has 6 rings (SSSR count). The van der Waals surface area contributed by atoms with E-state index < -0.39 is 28.5 Å². The van der Waals surface area contributed by atoms with Crippen molar-refractivity contribution in [2.24, 2.45) is 0 Å². The molecule has 2 amide bonds. The lowest BCUT2D eigenvalue weighted by Crippen LogP contribution is -2.55. The Morgan fingerprint density at radius 2 is 1.43 bits per heavy atom. The first kappa shape index (κ1) is 38.9. The fourth-order valence-electron chi connectivity index (χ4n) is 6.60. The van der Waals surface area contributed by atoms with Crippen LogP contribution in [-0.2, 0) is 32.6 Å². The van der Waals surface area contributed by atoms with Gasteiger partial charge in [-0.2, -0.15) is 0 Å². The molecule has 11 heteroatoms. The van der Waals surface area contributed by atoms with Crippen molar-refractivity contribution >= 4 is 50.7 Å². The summed E-state index contributed by atoms with van der Waals surface area (Å²) in [4.78, 5) is 30.8. The highest BCUT2D eigenvalue weighted by Crippen LogP contribution is 2.30. The molecule has 1 aliphatic rings. The molecular weight excluding hydrogens is 741 g/mol. The molecule has 0 aliphatic heterocycles. The third-order valence-electron chi connectivity index (χ3n) is 9.57. The van der Waals surface area contributed by atoms with E-state index in [4.69, 9.17) is 27.9 Å². The summed E-state index contributed by atoms with van der Waals surface area (Å²) in [5, 5.41) is 3.97. The van der Waals surface area contributed by atoms with Crippen LogP contribution in [0.5, 0.6) is 11.5 Å². The van der Waals surface area contributed by atoms with Gasteiger partial charge in [0.05, 0.1) is 10.6 Å². The van der Waals surface area contributed by atoms with E-state index in [2.05, 4.69) is 5.32 Å². The van der Waals surface area contributed by atoms with Gasteiger partial charge in [0.25, 0.3) is 10.0 Å². The van der Waals surface area contributed by atoms with Crippen LogP contribution in [0.1, 0.15) is 48.8 Å². The van der Waals surface area contributed by atoms with Crippen molar-refractivity contribution in [3.8, 4) is 11.5 Å². The lowest BCUT2D eigenvalue weighted by Gasteiger charge is -2.35. The van der Waals surface area contributed by atoms with Gasteiger partial charge in [0.1, 0.15) is 24.1 Å². The van der Waals surface area contributed by atoms with Gasteiger partial charge >= 0.3 is 0 Å². The van der Waals surface area contributed by atoms with Crippen molar-refractivity contribution in [2.45, 2.75) is 69.0 Å². The highest BCUT2D eigenvalue weighted by molar-refractivity contribution is 7.92. The third-order valence-corrected chi connectivity index (χ3v) is 11.9. The van der Waals surface area contributed by atoms with Crippen molar-refractivity contribution in [2.75, 3.05) is 10.8 Å². The maximum atomic E-state index is 14.9. The van der Waals surface area contributed by atoms with Crippen LogP contribution in [0.4, 0.5) is 5.69 Å². The van der Waals surface area contributed by atoms with E-state index in [0.717, 1.165) is 47.5 Å². The summed E-state index contributed by atoms with van der Waals surface area (Å²) in [6.07, 6.45) is 5.05. The molecule has 8 nitrogen and oxygen atoms in total. The van der Waals surface area contributed by atoms with Crippen LogP contribution in [0.2, 0.25) is 10.0 Å². The molecule has 0 heterocycles. The first-order valence-corrected chi connectivity index (χ1v) is 20.3. The van der Waals surface area contributed by atoms with Crippen LogP contribution in [-0.4, -0.2) is 43.8 Å². The highest BCUT2D eigenvalue weighted by atomic mass is 35.5. The number of hydrogen-bond acceptors (Lipinski definition) is 5. The molecule has 1 aliphatic carbocycles. The van der Waals surface area contributed by atoms with Gasteiger partial charge in [-0.3, -0.25) is 13.9 Å². The lowest BCUT2D eigenvalue weighted by molar-refractivity contribution is -0.140. The number of para-hydroxylation sites is 1. The zero-order valence-electron chi connectivity index (χ0n) is 30.0. The molecule has 0 saturated heterocycles. The Balaban J connectivity index is 1.40. The fraction of sp³-hybridized carbons (Fsp3) is 0.256. The van der Waals surface area contributed by atoms with E-state index in [-0.39, 0.29) is 35.5 Å². The molecule has 0 spiro atoms. The summed E-state index contributed by atoms with van der Waals surface area (Å²) < 4.78 is 36.0. The Morgan fingerprint density at radius 1 is 0.796 bits per heavy atom. The Bertz CT molecular complexity index is 2130. The van der Waals surface area contributed by atoms with Crippen molar-refractivity contribution in [1.82, 2.24) is 10.2 Å². The van der Waals surface area contributed by atoms with Crippen LogP contribution < -0.4 is 14.4 Å². The van der Waals surface area contributed by atoms with Crippen LogP contribution in [0.25, 0.3) is 0 Å². The van der Waals surface area contributed by atoms with Crippen molar-refractivity contribution < 1.29 is 22.7 Å². The molecule has 1 N–H and O–H groups in total. The molecule has 54 heavy (non-hydrogen) atoms. The number of rotatable bonds is 14. The van der Waals surface area contributed by atoms with Crippen molar-refractivity contribution in [3.05, 3.63) is 154 Å². The minimum Gasteiger partial charge on any atom is -0.457 e. The van der Waals surface area contributed by atoms with Gasteiger partial charge in [-0.05, 0) is 91.6 Å². The fourth-order valence-corrected chi connectivity index (χ4v) is 8.49. The molecule has 0 bridgehead atoms. The number of anilines is 1. The van der Waals surface area contributed by atoms with E-state index in [1.54, 1.807) is 54.6 Å². The molecule has 1 fully saturated rings. The zero-order valence-corrected chi connectivity index (χ0v) is 32.4. The summed E-state index contributed by atoms with van der Waals surface area (Å²) in [5.41, 5.74) is 2.55. The number of sulfonamides is 1. The zero-order chi connectivity index (χ0) is 38.1. The molecule has 1 saturated carbocycles. The van der Waals surface area contributed by atoms with Gasteiger partial charge in [0.2, 0.25) is 11.8 Å². The SMILES string of the molecule is Cc1ccc(S(=O)(=O)N(CC(=O)N(Cc2ccc(Cl)cc2Cl)[C@@H](Cc2ccccc2)C(=O)NC2CCCCC2)c2ccc(Oc3ccccc3)cc2)cc1. The maximum absolute atomic E-state index is 14.9. The minimum absolute atomic E-state index is 0.0179. The van der Waals surface area contributed by atoms with Crippen LogP contribution in [0.15, 0.2) is 132 Å². The topological polar surface area (TPSA) is 96.0 Å². The lowest BCUT2D eigenvalue weighted by atomic mass is 9.94. The molecular formula is C43H43Cl2N3O5S. The molecule has 5 aromatic carbocycles. The van der Waals surface area contributed by atoms with E-state index >= 15 is 0 Å². The maximum Gasteiger partial charge on any atom is 0.264 e. The predicted molar refractivity (Wildman–Crippen MR) is 215 cm³/mol. The first-order chi connectivity index (χ1) is 26.1. The number of carbonyl (C=O) groups excluding carboxylic acids is 2. The van der Waals surface area contributed by atoms with Crippen LogP contribution in [0, 0.1) is 6.92 Å². The Hall–Kier alpha value is -4.83. The Morgan fingerprint density at radius 3 is 2.07 bits per heavy atom. The number of halogens is 2. The van der Waals surface area contributed by atoms with Gasteiger partial charge in [0.15, 0.2) is 0 Å². The smallest absolute Gasteiger partial charge is 0.264 e. The van der Waals surface area contributed by atoms with Gasteiger partial charge < -0.3 is 15.0 Å². The highest BCUT2D eigenvalue weighted by Gasteiger charge is 2.36. The number of nitrogens with zero attached hydrogens (tertiary/aromatic N) is 2. The first-order valence-electron chi connectivity index (χ1n) is 18.1. The normalized spacial score (nSPS) is 13.8. The quantitative estimate of drug-likeness (QED) is 0.121. The van der Waals surface area contributed by atoms with Gasteiger partial charge in [-0.1, -0.05) is 115 Å². The van der Waals surface area contributed by atoms with Crippen molar-refractivity contribution in [3.63, 3.8) is 0 Å². The summed E-state index contributed by atoms with van der Waals surface area (Å²) in [7, 11) is -4.28. The number of benzene rings is 5. The summed E-state index contributed by atoms with van der Waals surface area (Å²) in [6.45, 7) is 1.21. The second-order valence-corrected chi connectivity index (χ2v) is 16.2. The average Bonchev–Trinajstić information content (AvgIpc) is 3.17. The monoisotopic (exact) mass is 783 g/mol. The van der Waals surface area contributed by atoms with Crippen LogP contribution in [0.3, 0.4) is 0 Å². The number of ether oxygens (including phenoxy) is 1. The van der Waals surface area contributed by atoms with Gasteiger partial charge in [-0.15, -0.1) is 0 Å². The van der Waals surface area contributed by atoms with E-state index in [0.29, 0.717) is 27.1 Å². The van der Waals surface area contributed by atoms with E-state index in [1.807, 2.05) is 67.6 Å². The van der Waals surface area contributed by atoms with Gasteiger partial charge in [0, 0.05) is 29.1 Å². The summed E-state index contributed by atoms with van der Waals surface area (Å²) in [5.74, 6) is 0.225. The molecule has 1 atom stereocenters. The van der Waals surface area contributed by atoms with Gasteiger partial charge in [-0.25, -0.2) is 8.42 Å².